The van der Waals surface area contributed by atoms with Crippen LogP contribution in [0.25, 0.3) is 0 Å². The van der Waals surface area contributed by atoms with Gasteiger partial charge in [0.2, 0.25) is 0 Å². The number of hydrogen-bond acceptors (Lipinski definition) is 4. The van der Waals surface area contributed by atoms with Crippen molar-refractivity contribution >= 4 is 6.09 Å². The van der Waals surface area contributed by atoms with E-state index < -0.39 is 5.60 Å². The van der Waals surface area contributed by atoms with Crippen molar-refractivity contribution in [1.82, 2.24) is 10.6 Å². The molecule has 0 aromatic heterocycles. The van der Waals surface area contributed by atoms with Gasteiger partial charge in [0.25, 0.3) is 0 Å². The molecule has 1 fully saturated rings. The van der Waals surface area contributed by atoms with Crippen LogP contribution in [0.2, 0.25) is 0 Å². The van der Waals surface area contributed by atoms with Crippen molar-refractivity contribution in [2.75, 3.05) is 13.2 Å². The summed E-state index contributed by atoms with van der Waals surface area (Å²) < 4.78 is 11.0. The van der Waals surface area contributed by atoms with Crippen molar-refractivity contribution in [2.24, 2.45) is 5.92 Å². The molecule has 1 amide bonds. The molecule has 5 nitrogen and oxygen atoms in total. The third-order valence-electron chi connectivity index (χ3n) is 2.77. The smallest absolute Gasteiger partial charge is 0.408 e. The zero-order chi connectivity index (χ0) is 13.8. The second-order valence-corrected chi connectivity index (χ2v) is 5.85. The molecule has 1 rings (SSSR count). The van der Waals surface area contributed by atoms with E-state index >= 15 is 0 Å². The van der Waals surface area contributed by atoms with Crippen LogP contribution < -0.4 is 10.6 Å². The Morgan fingerprint density at radius 1 is 1.44 bits per heavy atom. The molecule has 0 aliphatic carbocycles. The van der Waals surface area contributed by atoms with Gasteiger partial charge < -0.3 is 14.8 Å². The summed E-state index contributed by atoms with van der Waals surface area (Å²) in [5.74, 6) is 0.333. The molecule has 3 atom stereocenters. The van der Waals surface area contributed by atoms with Gasteiger partial charge in [-0.3, -0.25) is 5.32 Å². The summed E-state index contributed by atoms with van der Waals surface area (Å²) in [5.41, 5.74) is -0.473. The Labute approximate surface area is 110 Å². The van der Waals surface area contributed by atoms with Gasteiger partial charge in [-0.1, -0.05) is 13.8 Å². The summed E-state index contributed by atoms with van der Waals surface area (Å²) in [7, 11) is 0. The molecule has 0 aromatic rings. The third kappa shape index (κ3) is 4.82. The van der Waals surface area contributed by atoms with E-state index in [0.29, 0.717) is 12.5 Å². The lowest BCUT2D eigenvalue weighted by Crippen LogP contribution is -2.48. The fraction of sp³-hybridized carbons (Fsp3) is 0.923. The molecule has 1 aliphatic rings. The molecular formula is C13H26N2O3. The highest BCUT2D eigenvalue weighted by atomic mass is 16.6. The van der Waals surface area contributed by atoms with E-state index in [2.05, 4.69) is 24.5 Å². The molecule has 18 heavy (non-hydrogen) atoms. The van der Waals surface area contributed by atoms with Crippen LogP contribution in [0, 0.1) is 5.92 Å². The molecule has 2 N–H and O–H groups in total. The Balaban J connectivity index is 2.48. The monoisotopic (exact) mass is 258 g/mol. The van der Waals surface area contributed by atoms with Crippen molar-refractivity contribution in [2.45, 2.75) is 58.9 Å². The molecular weight excluding hydrogens is 232 g/mol. The molecule has 1 heterocycles. The van der Waals surface area contributed by atoms with Crippen molar-refractivity contribution in [3.05, 3.63) is 0 Å². The maximum Gasteiger partial charge on any atom is 0.408 e. The van der Waals surface area contributed by atoms with Gasteiger partial charge in [-0.15, -0.1) is 0 Å². The predicted octanol–water partition coefficient (Wildman–Crippen LogP) is 1.87. The van der Waals surface area contributed by atoms with Gasteiger partial charge in [-0.25, -0.2) is 4.79 Å². The molecule has 0 aromatic carbocycles. The minimum absolute atomic E-state index is 0.0357. The van der Waals surface area contributed by atoms with Crippen molar-refractivity contribution in [3.63, 3.8) is 0 Å². The van der Waals surface area contributed by atoms with E-state index in [0.717, 1.165) is 13.0 Å². The summed E-state index contributed by atoms with van der Waals surface area (Å²) in [6, 6.07) is -0.0357. The predicted molar refractivity (Wildman–Crippen MR) is 70.4 cm³/mol. The quantitative estimate of drug-likeness (QED) is 0.808. The highest BCUT2D eigenvalue weighted by molar-refractivity contribution is 5.68. The zero-order valence-electron chi connectivity index (χ0n) is 12.1. The lowest BCUT2D eigenvalue weighted by atomic mass is 10.1. The fourth-order valence-electron chi connectivity index (χ4n) is 1.92. The number of carbonyl (C=O) groups excluding carboxylic acids is 1. The van der Waals surface area contributed by atoms with Crippen LogP contribution in [0.5, 0.6) is 0 Å². The fourth-order valence-corrected chi connectivity index (χ4v) is 1.92. The van der Waals surface area contributed by atoms with Crippen LogP contribution in [-0.4, -0.2) is 37.1 Å². The Bertz CT molecular complexity index is 276. The van der Waals surface area contributed by atoms with E-state index in [-0.39, 0.29) is 18.4 Å². The Hall–Kier alpha value is -0.810. The highest BCUT2D eigenvalue weighted by Crippen LogP contribution is 2.17. The molecule has 106 valence electrons. The van der Waals surface area contributed by atoms with Gasteiger partial charge in [0.05, 0.1) is 6.04 Å². The first-order chi connectivity index (χ1) is 8.33. The largest absolute Gasteiger partial charge is 0.444 e. The number of ether oxygens (including phenoxy) is 2. The van der Waals surface area contributed by atoms with E-state index in [1.807, 2.05) is 20.8 Å². The third-order valence-corrected chi connectivity index (χ3v) is 2.77. The van der Waals surface area contributed by atoms with Crippen molar-refractivity contribution in [3.8, 4) is 0 Å². The van der Waals surface area contributed by atoms with Crippen LogP contribution >= 0.6 is 0 Å². The van der Waals surface area contributed by atoms with Crippen LogP contribution in [-0.2, 0) is 9.47 Å². The average Bonchev–Trinajstić information content (AvgIpc) is 2.55. The van der Waals surface area contributed by atoms with Gasteiger partial charge in [-0.2, -0.15) is 0 Å². The topological polar surface area (TPSA) is 59.6 Å². The van der Waals surface area contributed by atoms with E-state index in [9.17, 15) is 4.79 Å². The maximum atomic E-state index is 11.8. The summed E-state index contributed by atoms with van der Waals surface area (Å²) in [6.07, 6.45) is 0.465. The number of amides is 1. The Morgan fingerprint density at radius 3 is 2.67 bits per heavy atom. The first-order valence-corrected chi connectivity index (χ1v) is 6.68. The van der Waals surface area contributed by atoms with E-state index in [1.165, 1.54) is 0 Å². The van der Waals surface area contributed by atoms with Crippen molar-refractivity contribution < 1.29 is 14.3 Å². The van der Waals surface area contributed by atoms with Gasteiger partial charge in [0.1, 0.15) is 11.8 Å². The molecule has 1 aliphatic heterocycles. The molecule has 1 unspecified atom stereocenters. The summed E-state index contributed by atoms with van der Waals surface area (Å²) in [5, 5.41) is 6.16. The Kier molecular flexibility index (Phi) is 5.41. The SMILES string of the molecule is CCCOC1NC[C@@H](C)[C@@H]1NC(=O)OC(C)(C)C. The minimum atomic E-state index is -0.473. The molecule has 0 saturated carbocycles. The van der Waals surface area contributed by atoms with Gasteiger partial charge in [0.15, 0.2) is 0 Å². The number of rotatable bonds is 4. The number of nitrogens with one attached hydrogen (secondary N) is 2. The molecule has 1 saturated heterocycles. The van der Waals surface area contributed by atoms with Crippen LogP contribution in [0.15, 0.2) is 0 Å². The molecule has 0 radical (unpaired) electrons. The van der Waals surface area contributed by atoms with Gasteiger partial charge in [-0.05, 0) is 33.1 Å². The zero-order valence-corrected chi connectivity index (χ0v) is 12.1. The van der Waals surface area contributed by atoms with E-state index in [4.69, 9.17) is 9.47 Å². The lowest BCUT2D eigenvalue weighted by Gasteiger charge is -2.26. The normalized spacial score (nSPS) is 28.2. The van der Waals surface area contributed by atoms with Crippen LogP contribution in [0.1, 0.15) is 41.0 Å². The molecule has 0 bridgehead atoms. The molecule has 5 heteroatoms. The second-order valence-electron chi connectivity index (χ2n) is 5.85. The first-order valence-electron chi connectivity index (χ1n) is 6.68. The maximum absolute atomic E-state index is 11.8. The second kappa shape index (κ2) is 6.38. The summed E-state index contributed by atoms with van der Waals surface area (Å²) in [6.45, 7) is 11.3. The van der Waals surface area contributed by atoms with Crippen LogP contribution in [0.3, 0.4) is 0 Å². The number of carbonyl (C=O) groups is 1. The standard InChI is InChI=1S/C13H26N2O3/c1-6-7-17-11-10(9(2)8-14-11)15-12(16)18-13(3,4)5/h9-11,14H,6-8H2,1-5H3,(H,15,16)/t9-,10+,11?/m1/s1. The molecule has 0 spiro atoms. The first kappa shape index (κ1) is 15.2. The van der Waals surface area contributed by atoms with Crippen molar-refractivity contribution in [1.29, 1.82) is 0 Å². The summed E-state index contributed by atoms with van der Waals surface area (Å²) in [4.78, 5) is 11.8. The number of alkyl carbamates (subject to hydrolysis) is 1. The van der Waals surface area contributed by atoms with E-state index in [1.54, 1.807) is 0 Å². The number of hydrogen-bond donors (Lipinski definition) is 2. The van der Waals surface area contributed by atoms with Gasteiger partial charge >= 0.3 is 6.09 Å². The van der Waals surface area contributed by atoms with Crippen LogP contribution in [0.4, 0.5) is 4.79 Å². The summed E-state index contributed by atoms with van der Waals surface area (Å²) >= 11 is 0. The minimum Gasteiger partial charge on any atom is -0.444 e. The lowest BCUT2D eigenvalue weighted by molar-refractivity contribution is 0.0113. The Morgan fingerprint density at radius 2 is 2.11 bits per heavy atom. The average molecular weight is 258 g/mol. The highest BCUT2D eigenvalue weighted by Gasteiger charge is 2.35. The van der Waals surface area contributed by atoms with Gasteiger partial charge in [0, 0.05) is 13.2 Å².